The number of nitro groups is 1. The number of H-pyrrole nitrogens is 1. The van der Waals surface area contributed by atoms with Gasteiger partial charge in [-0.15, -0.1) is 0 Å². The van der Waals surface area contributed by atoms with Gasteiger partial charge < -0.3 is 10.3 Å². The van der Waals surface area contributed by atoms with Crippen LogP contribution in [0.5, 0.6) is 0 Å². The lowest BCUT2D eigenvalue weighted by molar-refractivity contribution is -0.380. The maximum absolute atomic E-state index is 12.3. The number of rotatable bonds is 4. The van der Waals surface area contributed by atoms with E-state index in [0.717, 1.165) is 27.9 Å². The minimum absolute atomic E-state index is 0.0637. The van der Waals surface area contributed by atoms with Gasteiger partial charge in [0.05, 0.1) is 20.8 Å². The van der Waals surface area contributed by atoms with E-state index in [-0.39, 0.29) is 15.8 Å². The second-order valence-electron chi connectivity index (χ2n) is 5.53. The van der Waals surface area contributed by atoms with Crippen molar-refractivity contribution in [3.8, 4) is 11.4 Å². The Kier molecular flexibility index (Phi) is 3.94. The molecule has 0 aliphatic rings. The predicted molar refractivity (Wildman–Crippen MR) is 100 cm³/mol. The molecule has 0 spiro atoms. The van der Waals surface area contributed by atoms with E-state index in [2.05, 4.69) is 15.3 Å². The molecule has 0 aliphatic heterocycles. The second kappa shape index (κ2) is 6.41. The molecule has 2 N–H and O–H groups in total. The minimum Gasteiger partial charge on any atom is -0.338 e. The molecular formula is C18H12N4O3S. The zero-order valence-corrected chi connectivity index (χ0v) is 14.1. The van der Waals surface area contributed by atoms with Crippen molar-refractivity contribution in [2.45, 2.75) is 0 Å². The van der Waals surface area contributed by atoms with Crippen LogP contribution in [0.2, 0.25) is 0 Å². The van der Waals surface area contributed by atoms with Crippen LogP contribution >= 0.6 is 11.3 Å². The first-order chi connectivity index (χ1) is 12.6. The third-order valence-corrected chi connectivity index (χ3v) is 4.81. The van der Waals surface area contributed by atoms with Gasteiger partial charge in [0.25, 0.3) is 5.91 Å². The van der Waals surface area contributed by atoms with Crippen LogP contribution in [0, 0.1) is 10.1 Å². The molecule has 0 radical (unpaired) electrons. The number of aromatic nitrogens is 2. The van der Waals surface area contributed by atoms with E-state index >= 15 is 0 Å². The van der Waals surface area contributed by atoms with Crippen LogP contribution in [0.15, 0.2) is 60.7 Å². The molecule has 0 bridgehead atoms. The molecule has 0 saturated heterocycles. The molecular weight excluding hydrogens is 352 g/mol. The molecule has 4 rings (SSSR count). The molecule has 1 amide bonds. The first-order valence-corrected chi connectivity index (χ1v) is 8.52. The van der Waals surface area contributed by atoms with E-state index in [4.69, 9.17) is 0 Å². The van der Waals surface area contributed by atoms with Crippen molar-refractivity contribution in [1.82, 2.24) is 9.97 Å². The standard InChI is InChI=1S/C18H12N4O3S/c23-18(15-8-9-16(26-15)22(24)25)19-12-5-3-4-11(10-12)17-20-13-6-1-2-7-14(13)21-17/h1-10H,(H,19,23)(H,20,21). The lowest BCUT2D eigenvalue weighted by Gasteiger charge is -2.05. The van der Waals surface area contributed by atoms with Crippen LogP contribution in [0.4, 0.5) is 10.7 Å². The number of nitrogens with zero attached hydrogens (tertiary/aromatic N) is 2. The zero-order valence-electron chi connectivity index (χ0n) is 13.3. The fourth-order valence-electron chi connectivity index (χ4n) is 2.57. The van der Waals surface area contributed by atoms with Crippen molar-refractivity contribution in [2.75, 3.05) is 5.32 Å². The molecule has 2 aromatic heterocycles. The van der Waals surface area contributed by atoms with Crippen molar-refractivity contribution >= 4 is 39.0 Å². The average molecular weight is 364 g/mol. The van der Waals surface area contributed by atoms with Crippen LogP contribution in [0.1, 0.15) is 9.67 Å². The number of imidazole rings is 1. The zero-order chi connectivity index (χ0) is 18.1. The van der Waals surface area contributed by atoms with Gasteiger partial charge in [-0.25, -0.2) is 4.98 Å². The van der Waals surface area contributed by atoms with E-state index in [1.807, 2.05) is 36.4 Å². The fraction of sp³-hybridized carbons (Fsp3) is 0. The Bertz CT molecular complexity index is 1100. The Labute approximate surface area is 151 Å². The summed E-state index contributed by atoms with van der Waals surface area (Å²) in [6.45, 7) is 0. The van der Waals surface area contributed by atoms with Gasteiger partial charge >= 0.3 is 5.00 Å². The molecule has 2 heterocycles. The quantitative estimate of drug-likeness (QED) is 0.412. The van der Waals surface area contributed by atoms with Crippen molar-refractivity contribution in [2.24, 2.45) is 0 Å². The van der Waals surface area contributed by atoms with Gasteiger partial charge in [-0.2, -0.15) is 0 Å². The lowest BCUT2D eigenvalue weighted by atomic mass is 10.2. The monoisotopic (exact) mass is 364 g/mol. The smallest absolute Gasteiger partial charge is 0.324 e. The van der Waals surface area contributed by atoms with Gasteiger partial charge in [-0.1, -0.05) is 35.6 Å². The molecule has 0 saturated carbocycles. The summed E-state index contributed by atoms with van der Waals surface area (Å²) >= 11 is 0.842. The Morgan fingerprint density at radius 3 is 2.73 bits per heavy atom. The highest BCUT2D eigenvalue weighted by atomic mass is 32.1. The molecule has 7 nitrogen and oxygen atoms in total. The Balaban J connectivity index is 1.59. The van der Waals surface area contributed by atoms with Crippen molar-refractivity contribution in [3.05, 3.63) is 75.7 Å². The molecule has 26 heavy (non-hydrogen) atoms. The van der Waals surface area contributed by atoms with E-state index in [0.29, 0.717) is 11.5 Å². The number of anilines is 1. The molecule has 0 fully saturated rings. The van der Waals surface area contributed by atoms with Crippen LogP contribution in [-0.4, -0.2) is 20.8 Å². The summed E-state index contributed by atoms with van der Waals surface area (Å²) in [5.41, 5.74) is 3.21. The number of para-hydroxylation sites is 2. The van der Waals surface area contributed by atoms with E-state index in [1.165, 1.54) is 12.1 Å². The number of carbonyl (C=O) groups is 1. The summed E-state index contributed by atoms with van der Waals surface area (Å²) in [5, 5.41) is 13.4. The van der Waals surface area contributed by atoms with Crippen LogP contribution in [0.25, 0.3) is 22.4 Å². The maximum Gasteiger partial charge on any atom is 0.324 e. The molecule has 0 aliphatic carbocycles. The SMILES string of the molecule is O=C(Nc1cccc(-c2nc3ccccc3[nH]2)c1)c1ccc([N+](=O)[O-])s1. The van der Waals surface area contributed by atoms with Crippen molar-refractivity contribution < 1.29 is 9.72 Å². The van der Waals surface area contributed by atoms with Crippen LogP contribution in [-0.2, 0) is 0 Å². The van der Waals surface area contributed by atoms with Gasteiger partial charge in [-0.05, 0) is 30.3 Å². The summed E-state index contributed by atoms with van der Waals surface area (Å²) in [6.07, 6.45) is 0. The molecule has 8 heteroatoms. The van der Waals surface area contributed by atoms with E-state index in [1.54, 1.807) is 12.1 Å². The van der Waals surface area contributed by atoms with Crippen LogP contribution in [0.3, 0.4) is 0 Å². The summed E-state index contributed by atoms with van der Waals surface area (Å²) in [7, 11) is 0. The molecule has 2 aromatic carbocycles. The third-order valence-electron chi connectivity index (χ3n) is 3.78. The topological polar surface area (TPSA) is 101 Å². The first-order valence-electron chi connectivity index (χ1n) is 7.71. The van der Waals surface area contributed by atoms with Gasteiger partial charge in [-0.3, -0.25) is 14.9 Å². The number of hydrogen-bond donors (Lipinski definition) is 2. The highest BCUT2D eigenvalue weighted by Crippen LogP contribution is 2.26. The number of carbonyl (C=O) groups excluding carboxylic acids is 1. The Morgan fingerprint density at radius 2 is 1.96 bits per heavy atom. The number of thiophene rings is 1. The van der Waals surface area contributed by atoms with Gasteiger partial charge in [0.15, 0.2) is 0 Å². The van der Waals surface area contributed by atoms with E-state index in [9.17, 15) is 14.9 Å². The largest absolute Gasteiger partial charge is 0.338 e. The summed E-state index contributed by atoms with van der Waals surface area (Å²) in [4.78, 5) is 30.6. The maximum atomic E-state index is 12.3. The predicted octanol–water partition coefficient (Wildman–Crippen LogP) is 4.45. The number of fused-ring (bicyclic) bond motifs is 1. The molecule has 0 atom stereocenters. The third kappa shape index (κ3) is 3.05. The van der Waals surface area contributed by atoms with Gasteiger partial charge in [0.2, 0.25) is 0 Å². The van der Waals surface area contributed by atoms with Gasteiger partial charge in [0, 0.05) is 17.3 Å². The summed E-state index contributed by atoms with van der Waals surface area (Å²) in [6, 6.07) is 17.8. The summed E-state index contributed by atoms with van der Waals surface area (Å²) in [5.74, 6) is 0.318. The Hall–Kier alpha value is -3.52. The number of aromatic amines is 1. The minimum atomic E-state index is -0.510. The first kappa shape index (κ1) is 16.0. The Morgan fingerprint density at radius 1 is 1.12 bits per heavy atom. The highest BCUT2D eigenvalue weighted by molar-refractivity contribution is 7.17. The fourth-order valence-corrected chi connectivity index (χ4v) is 3.29. The van der Waals surface area contributed by atoms with Crippen molar-refractivity contribution in [3.63, 3.8) is 0 Å². The highest BCUT2D eigenvalue weighted by Gasteiger charge is 2.15. The lowest BCUT2D eigenvalue weighted by Crippen LogP contribution is -2.10. The molecule has 4 aromatic rings. The normalized spacial score (nSPS) is 10.8. The number of benzene rings is 2. The summed E-state index contributed by atoms with van der Waals surface area (Å²) < 4.78 is 0. The number of hydrogen-bond acceptors (Lipinski definition) is 5. The number of nitrogens with one attached hydrogen (secondary N) is 2. The molecule has 0 unspecified atom stereocenters. The van der Waals surface area contributed by atoms with Gasteiger partial charge in [0.1, 0.15) is 5.82 Å². The van der Waals surface area contributed by atoms with E-state index < -0.39 is 4.92 Å². The van der Waals surface area contributed by atoms with Crippen molar-refractivity contribution in [1.29, 1.82) is 0 Å². The average Bonchev–Trinajstić information content (AvgIpc) is 3.29. The molecule has 128 valence electrons. The number of amides is 1. The van der Waals surface area contributed by atoms with Crippen LogP contribution < -0.4 is 5.32 Å². The second-order valence-corrected chi connectivity index (χ2v) is 6.59.